The second-order valence-electron chi connectivity index (χ2n) is 5.82. The number of alkyl halides is 3. The highest BCUT2D eigenvalue weighted by molar-refractivity contribution is 4.88. The summed E-state index contributed by atoms with van der Waals surface area (Å²) in [6.07, 6.45) is -3.10. The molecule has 0 unspecified atom stereocenters. The summed E-state index contributed by atoms with van der Waals surface area (Å²) >= 11 is 0. The Morgan fingerprint density at radius 1 is 1.05 bits per heavy atom. The van der Waals surface area contributed by atoms with Gasteiger partial charge in [-0.2, -0.15) is 13.2 Å². The first kappa shape index (κ1) is 16.0. The third kappa shape index (κ3) is 3.84. The van der Waals surface area contributed by atoms with Crippen LogP contribution in [0.15, 0.2) is 0 Å². The van der Waals surface area contributed by atoms with Gasteiger partial charge in [0.15, 0.2) is 6.10 Å². The summed E-state index contributed by atoms with van der Waals surface area (Å²) in [6.45, 7) is 1.96. The molecule has 2 N–H and O–H groups in total. The van der Waals surface area contributed by atoms with Gasteiger partial charge in [0.05, 0.1) is 6.61 Å². The molecule has 2 aliphatic heterocycles. The monoisotopic (exact) mass is 296 g/mol. The van der Waals surface area contributed by atoms with E-state index in [1.54, 1.807) is 4.90 Å². The van der Waals surface area contributed by atoms with Crippen LogP contribution in [0.3, 0.4) is 0 Å². The highest BCUT2D eigenvalue weighted by atomic mass is 19.4. The number of likely N-dealkylation sites (tertiary alicyclic amines) is 2. The third-order valence-electron chi connectivity index (χ3n) is 4.44. The first-order chi connectivity index (χ1) is 9.41. The van der Waals surface area contributed by atoms with Gasteiger partial charge in [0.1, 0.15) is 0 Å². The molecule has 0 aromatic heterocycles. The molecule has 3 atom stereocenters. The van der Waals surface area contributed by atoms with E-state index in [1.807, 2.05) is 0 Å². The molecule has 0 aliphatic carbocycles. The predicted octanol–water partition coefficient (Wildman–Crippen LogP) is 0.831. The lowest BCUT2D eigenvalue weighted by atomic mass is 10.1. The van der Waals surface area contributed by atoms with Crippen LogP contribution in [0.5, 0.6) is 0 Å². The first-order valence-electron chi connectivity index (χ1n) is 7.25. The molecule has 2 rings (SSSR count). The Hall–Kier alpha value is -0.370. The topological polar surface area (TPSA) is 46.9 Å². The number of β-amino-alcohol motifs (C(OH)–C–C–N with tert-alkyl or cyclic N) is 1. The minimum absolute atomic E-state index is 0.0548. The number of hydrogen-bond donors (Lipinski definition) is 2. The molecular formula is C13H23F3N2O2. The average Bonchev–Trinajstić information content (AvgIpc) is 2.98. The summed E-state index contributed by atoms with van der Waals surface area (Å²) < 4.78 is 37.3. The van der Waals surface area contributed by atoms with Gasteiger partial charge in [0.25, 0.3) is 0 Å². The third-order valence-corrected chi connectivity index (χ3v) is 4.44. The van der Waals surface area contributed by atoms with Crippen LogP contribution in [0.4, 0.5) is 13.2 Å². The Morgan fingerprint density at radius 3 is 2.25 bits per heavy atom. The van der Waals surface area contributed by atoms with E-state index in [0.717, 1.165) is 32.2 Å². The predicted molar refractivity (Wildman–Crippen MR) is 68.3 cm³/mol. The van der Waals surface area contributed by atoms with Crippen molar-refractivity contribution in [2.24, 2.45) is 0 Å². The number of rotatable bonds is 5. The number of nitrogens with zero attached hydrogens (tertiary/aromatic N) is 2. The van der Waals surface area contributed by atoms with Crippen molar-refractivity contribution in [3.63, 3.8) is 0 Å². The van der Waals surface area contributed by atoms with E-state index in [9.17, 15) is 23.4 Å². The fourth-order valence-electron chi connectivity index (χ4n) is 3.28. The van der Waals surface area contributed by atoms with Crippen molar-refractivity contribution in [3.05, 3.63) is 0 Å². The molecule has 0 radical (unpaired) electrons. The van der Waals surface area contributed by atoms with Gasteiger partial charge in [-0.3, -0.25) is 9.80 Å². The molecule has 118 valence electrons. The fourth-order valence-corrected chi connectivity index (χ4v) is 3.28. The van der Waals surface area contributed by atoms with E-state index in [0.29, 0.717) is 13.1 Å². The maximum Gasteiger partial charge on any atom is 0.415 e. The second-order valence-corrected chi connectivity index (χ2v) is 5.82. The summed E-state index contributed by atoms with van der Waals surface area (Å²) in [4.78, 5) is 3.91. The largest absolute Gasteiger partial charge is 0.415 e. The number of aliphatic hydroxyl groups is 2. The van der Waals surface area contributed by atoms with Gasteiger partial charge >= 0.3 is 6.18 Å². The summed E-state index contributed by atoms with van der Waals surface area (Å²) in [5.41, 5.74) is 0. The molecule has 2 fully saturated rings. The zero-order valence-corrected chi connectivity index (χ0v) is 11.5. The zero-order valence-electron chi connectivity index (χ0n) is 11.5. The zero-order chi connectivity index (χ0) is 14.8. The molecule has 7 heteroatoms. The summed E-state index contributed by atoms with van der Waals surface area (Å²) in [7, 11) is 0. The lowest BCUT2D eigenvalue weighted by Crippen LogP contribution is -2.48. The maximum atomic E-state index is 12.4. The second kappa shape index (κ2) is 6.60. The molecule has 0 aromatic rings. The van der Waals surface area contributed by atoms with Crippen LogP contribution in [0.2, 0.25) is 0 Å². The van der Waals surface area contributed by atoms with E-state index >= 15 is 0 Å². The highest BCUT2D eigenvalue weighted by Gasteiger charge is 2.41. The van der Waals surface area contributed by atoms with Gasteiger partial charge in [0.2, 0.25) is 0 Å². The van der Waals surface area contributed by atoms with E-state index in [4.69, 9.17) is 0 Å². The van der Waals surface area contributed by atoms with Crippen molar-refractivity contribution < 1.29 is 23.4 Å². The summed E-state index contributed by atoms with van der Waals surface area (Å²) in [5, 5.41) is 18.5. The van der Waals surface area contributed by atoms with Gasteiger partial charge in [-0.1, -0.05) is 0 Å². The van der Waals surface area contributed by atoms with Crippen LogP contribution < -0.4 is 0 Å². The molecule has 0 bridgehead atoms. The Morgan fingerprint density at radius 2 is 1.65 bits per heavy atom. The maximum absolute atomic E-state index is 12.4. The SMILES string of the molecule is OC[C@@H]1CCCN1C[C@H]1CCCN1C[C@H](O)C(F)(F)F. The Labute approximate surface area is 117 Å². The van der Waals surface area contributed by atoms with Crippen molar-refractivity contribution in [3.8, 4) is 0 Å². The number of halogens is 3. The quantitative estimate of drug-likeness (QED) is 0.789. The van der Waals surface area contributed by atoms with E-state index < -0.39 is 12.3 Å². The molecule has 2 saturated heterocycles. The lowest BCUT2D eigenvalue weighted by Gasteiger charge is -2.32. The van der Waals surface area contributed by atoms with Gasteiger partial charge in [0, 0.05) is 25.2 Å². The molecule has 0 aromatic carbocycles. The van der Waals surface area contributed by atoms with Gasteiger partial charge in [-0.05, 0) is 38.8 Å². The van der Waals surface area contributed by atoms with Crippen LogP contribution in [0.25, 0.3) is 0 Å². The molecule has 2 heterocycles. The molecule has 0 saturated carbocycles. The molecule has 0 amide bonds. The van der Waals surface area contributed by atoms with Gasteiger partial charge in [-0.15, -0.1) is 0 Å². The van der Waals surface area contributed by atoms with Crippen LogP contribution >= 0.6 is 0 Å². The van der Waals surface area contributed by atoms with Gasteiger partial charge in [-0.25, -0.2) is 0 Å². The van der Waals surface area contributed by atoms with Crippen molar-refractivity contribution in [1.82, 2.24) is 9.80 Å². The van der Waals surface area contributed by atoms with Crippen LogP contribution in [-0.2, 0) is 0 Å². The Kier molecular flexibility index (Phi) is 5.28. The first-order valence-corrected chi connectivity index (χ1v) is 7.25. The molecule has 2 aliphatic rings. The highest BCUT2D eigenvalue weighted by Crippen LogP contribution is 2.26. The standard InChI is InChI=1S/C13H23F3N2O2/c14-13(15,16)12(20)8-18-6-1-3-10(18)7-17-5-2-4-11(17)9-19/h10-12,19-20H,1-9H2/t10-,11+,12+/m1/s1. The summed E-state index contributed by atoms with van der Waals surface area (Å²) in [6, 6.07) is 0.198. The van der Waals surface area contributed by atoms with E-state index in [1.165, 1.54) is 0 Å². The smallest absolute Gasteiger partial charge is 0.395 e. The molecule has 0 spiro atoms. The van der Waals surface area contributed by atoms with Crippen LogP contribution in [0, 0.1) is 0 Å². The fraction of sp³-hybridized carbons (Fsp3) is 1.00. The van der Waals surface area contributed by atoms with Gasteiger partial charge < -0.3 is 10.2 Å². The molecular weight excluding hydrogens is 273 g/mol. The van der Waals surface area contributed by atoms with Crippen LogP contribution in [0.1, 0.15) is 25.7 Å². The summed E-state index contributed by atoms with van der Waals surface area (Å²) in [5.74, 6) is 0. The van der Waals surface area contributed by atoms with E-state index in [-0.39, 0.29) is 25.2 Å². The van der Waals surface area contributed by atoms with E-state index in [2.05, 4.69) is 4.90 Å². The number of aliphatic hydroxyl groups excluding tert-OH is 2. The van der Waals surface area contributed by atoms with Crippen molar-refractivity contribution in [1.29, 1.82) is 0 Å². The molecule has 20 heavy (non-hydrogen) atoms. The van der Waals surface area contributed by atoms with Crippen molar-refractivity contribution >= 4 is 0 Å². The molecule has 4 nitrogen and oxygen atoms in total. The Balaban J connectivity index is 1.87. The minimum Gasteiger partial charge on any atom is -0.395 e. The van der Waals surface area contributed by atoms with Crippen LogP contribution in [-0.4, -0.2) is 77.2 Å². The minimum atomic E-state index is -4.55. The number of hydrogen-bond acceptors (Lipinski definition) is 4. The van der Waals surface area contributed by atoms with Crippen molar-refractivity contribution in [2.45, 2.75) is 50.0 Å². The normalized spacial score (nSPS) is 31.1. The average molecular weight is 296 g/mol. The van der Waals surface area contributed by atoms with Crippen molar-refractivity contribution in [2.75, 3.05) is 32.8 Å². The lowest BCUT2D eigenvalue weighted by molar-refractivity contribution is -0.208. The Bertz CT molecular complexity index is 314.